The second-order valence-corrected chi connectivity index (χ2v) is 6.48. The molecule has 2 aromatic carbocycles. The lowest BCUT2D eigenvalue weighted by atomic mass is 9.96. The number of carbonyl (C=O) groups excluding carboxylic acids is 1. The molecule has 1 heterocycles. The van der Waals surface area contributed by atoms with E-state index in [1.807, 2.05) is 55.5 Å². The Morgan fingerprint density at radius 1 is 1.08 bits per heavy atom. The molecule has 124 valence electrons. The fourth-order valence-corrected chi connectivity index (χ4v) is 3.31. The van der Waals surface area contributed by atoms with Crippen molar-refractivity contribution in [3.05, 3.63) is 83.1 Å². The van der Waals surface area contributed by atoms with Crippen LogP contribution in [0.2, 0.25) is 0 Å². The van der Waals surface area contributed by atoms with E-state index in [2.05, 4.69) is 26.5 Å². The van der Waals surface area contributed by atoms with Crippen molar-refractivity contribution in [3.8, 4) is 6.07 Å². The van der Waals surface area contributed by atoms with E-state index < -0.39 is 0 Å². The minimum absolute atomic E-state index is 0.147. The van der Waals surface area contributed by atoms with Crippen molar-refractivity contribution < 1.29 is 4.79 Å². The first-order valence-electron chi connectivity index (χ1n) is 8.30. The van der Waals surface area contributed by atoms with Gasteiger partial charge in [0.1, 0.15) is 11.6 Å². The Hall–Kier alpha value is -3.12. The molecule has 0 aliphatic carbocycles. The van der Waals surface area contributed by atoms with Gasteiger partial charge < -0.3 is 0 Å². The number of benzene rings is 2. The molecule has 0 unspecified atom stereocenters. The summed E-state index contributed by atoms with van der Waals surface area (Å²) in [7, 11) is 0. The van der Waals surface area contributed by atoms with Gasteiger partial charge in [-0.25, -0.2) is 0 Å². The average molecular weight is 328 g/mol. The van der Waals surface area contributed by atoms with E-state index in [1.54, 1.807) is 4.90 Å². The fraction of sp³-hybridized carbons (Fsp3) is 0.182. The standard InChI is InChI=1S/C22H20N2O/c1-14(2)18-12-8-9-15(3)21(18)24-16(4)20(19(13-23)22(24)25)17-10-6-5-7-11-17/h5-12,14H,4H2,1-3H3. The molecule has 3 heteroatoms. The number of aryl methyl sites for hydroxylation is 1. The minimum Gasteiger partial charge on any atom is -0.276 e. The number of amides is 1. The van der Waals surface area contributed by atoms with Crippen molar-refractivity contribution in [1.29, 1.82) is 5.26 Å². The number of allylic oxidation sites excluding steroid dienone is 1. The Morgan fingerprint density at radius 2 is 1.76 bits per heavy atom. The highest BCUT2D eigenvalue weighted by atomic mass is 16.2. The Labute approximate surface area is 148 Å². The molecule has 1 aliphatic heterocycles. The van der Waals surface area contributed by atoms with E-state index >= 15 is 0 Å². The van der Waals surface area contributed by atoms with Crippen LogP contribution in [0.25, 0.3) is 5.57 Å². The SMILES string of the molecule is C=C1C(c2ccccc2)=C(C#N)C(=O)N1c1c(C)cccc1C(C)C. The molecule has 1 aliphatic rings. The fourth-order valence-electron chi connectivity index (χ4n) is 3.31. The predicted octanol–water partition coefficient (Wildman–Crippen LogP) is 4.96. The van der Waals surface area contributed by atoms with Gasteiger partial charge in [0.05, 0.1) is 11.4 Å². The van der Waals surface area contributed by atoms with Crippen LogP contribution in [-0.2, 0) is 4.79 Å². The highest BCUT2D eigenvalue weighted by Crippen LogP contribution is 2.42. The second kappa shape index (κ2) is 6.41. The molecule has 0 atom stereocenters. The smallest absolute Gasteiger partial charge is 0.274 e. The lowest BCUT2D eigenvalue weighted by Gasteiger charge is -2.25. The average Bonchev–Trinajstić information content (AvgIpc) is 2.85. The van der Waals surface area contributed by atoms with Crippen molar-refractivity contribution in [2.45, 2.75) is 26.7 Å². The molecule has 3 rings (SSSR count). The third kappa shape index (κ3) is 2.66. The van der Waals surface area contributed by atoms with E-state index in [4.69, 9.17) is 0 Å². The van der Waals surface area contributed by atoms with E-state index in [9.17, 15) is 10.1 Å². The molecular weight excluding hydrogens is 308 g/mol. The Kier molecular flexibility index (Phi) is 4.29. The van der Waals surface area contributed by atoms with Gasteiger partial charge in [0.2, 0.25) is 0 Å². The van der Waals surface area contributed by atoms with Crippen LogP contribution in [-0.4, -0.2) is 5.91 Å². The van der Waals surface area contributed by atoms with Crippen molar-refractivity contribution in [1.82, 2.24) is 0 Å². The van der Waals surface area contributed by atoms with Crippen molar-refractivity contribution >= 4 is 17.2 Å². The summed E-state index contributed by atoms with van der Waals surface area (Å²) in [5, 5.41) is 9.60. The molecule has 25 heavy (non-hydrogen) atoms. The maximum Gasteiger partial charge on any atom is 0.274 e. The number of rotatable bonds is 3. The monoisotopic (exact) mass is 328 g/mol. The third-order valence-corrected chi connectivity index (χ3v) is 4.51. The zero-order chi connectivity index (χ0) is 18.1. The molecule has 1 amide bonds. The first kappa shape index (κ1) is 16.7. The molecule has 0 saturated heterocycles. The molecule has 0 saturated carbocycles. The van der Waals surface area contributed by atoms with E-state index in [0.717, 1.165) is 22.4 Å². The summed E-state index contributed by atoms with van der Waals surface area (Å²) in [5.74, 6) is -0.0515. The zero-order valence-corrected chi connectivity index (χ0v) is 14.7. The van der Waals surface area contributed by atoms with Gasteiger partial charge in [0.15, 0.2) is 0 Å². The Morgan fingerprint density at radius 3 is 2.36 bits per heavy atom. The lowest BCUT2D eigenvalue weighted by molar-refractivity contribution is -0.113. The van der Waals surface area contributed by atoms with Gasteiger partial charge >= 0.3 is 0 Å². The van der Waals surface area contributed by atoms with E-state index in [0.29, 0.717) is 11.3 Å². The van der Waals surface area contributed by atoms with E-state index in [1.165, 1.54) is 0 Å². The number of para-hydroxylation sites is 1. The molecule has 2 aromatic rings. The summed E-state index contributed by atoms with van der Waals surface area (Å²) in [6, 6.07) is 17.6. The number of nitrogens with zero attached hydrogens (tertiary/aromatic N) is 2. The van der Waals surface area contributed by atoms with E-state index in [-0.39, 0.29) is 17.4 Å². The van der Waals surface area contributed by atoms with Gasteiger partial charge in [-0.2, -0.15) is 5.26 Å². The molecule has 0 radical (unpaired) electrons. The minimum atomic E-state index is -0.303. The van der Waals surface area contributed by atoms with Gasteiger partial charge in [0, 0.05) is 5.57 Å². The lowest BCUT2D eigenvalue weighted by Crippen LogP contribution is -2.27. The summed E-state index contributed by atoms with van der Waals surface area (Å²) in [6.45, 7) is 10.3. The topological polar surface area (TPSA) is 44.1 Å². The van der Waals surface area contributed by atoms with Crippen LogP contribution in [0.15, 0.2) is 66.4 Å². The van der Waals surface area contributed by atoms with Gasteiger partial charge in [-0.15, -0.1) is 0 Å². The van der Waals surface area contributed by atoms with Crippen LogP contribution in [0.1, 0.15) is 36.5 Å². The first-order valence-corrected chi connectivity index (χ1v) is 8.30. The van der Waals surface area contributed by atoms with Gasteiger partial charge in [-0.1, -0.05) is 69.0 Å². The highest BCUT2D eigenvalue weighted by molar-refractivity contribution is 6.24. The molecular formula is C22H20N2O. The van der Waals surface area contributed by atoms with Crippen LogP contribution < -0.4 is 4.90 Å². The summed E-state index contributed by atoms with van der Waals surface area (Å²) in [5.41, 5.74) is 5.06. The molecule has 0 fully saturated rings. The summed E-state index contributed by atoms with van der Waals surface area (Å²) >= 11 is 0. The summed E-state index contributed by atoms with van der Waals surface area (Å²) < 4.78 is 0. The normalized spacial score (nSPS) is 14.4. The Bertz CT molecular complexity index is 930. The van der Waals surface area contributed by atoms with Gasteiger partial charge in [-0.3, -0.25) is 9.69 Å². The number of carbonyl (C=O) groups is 1. The van der Waals surface area contributed by atoms with Crippen molar-refractivity contribution in [3.63, 3.8) is 0 Å². The largest absolute Gasteiger partial charge is 0.276 e. The molecule has 0 bridgehead atoms. The first-order chi connectivity index (χ1) is 12.0. The molecule has 0 aromatic heterocycles. The van der Waals surface area contributed by atoms with Gasteiger partial charge in [0.25, 0.3) is 5.91 Å². The van der Waals surface area contributed by atoms with Crippen LogP contribution in [0, 0.1) is 18.3 Å². The second-order valence-electron chi connectivity index (χ2n) is 6.48. The van der Waals surface area contributed by atoms with Crippen LogP contribution in [0.3, 0.4) is 0 Å². The highest BCUT2D eigenvalue weighted by Gasteiger charge is 2.37. The number of hydrogen-bond acceptors (Lipinski definition) is 2. The summed E-state index contributed by atoms with van der Waals surface area (Å²) in [4.78, 5) is 14.6. The molecule has 3 nitrogen and oxygen atoms in total. The molecule has 0 spiro atoms. The zero-order valence-electron chi connectivity index (χ0n) is 14.7. The maximum atomic E-state index is 13.0. The number of nitriles is 1. The maximum absolute atomic E-state index is 13.0. The van der Waals surface area contributed by atoms with Crippen LogP contribution in [0.4, 0.5) is 5.69 Å². The molecule has 0 N–H and O–H groups in total. The van der Waals surface area contributed by atoms with Crippen LogP contribution in [0.5, 0.6) is 0 Å². The Balaban J connectivity index is 2.20. The summed E-state index contributed by atoms with van der Waals surface area (Å²) in [6.07, 6.45) is 0. The quantitative estimate of drug-likeness (QED) is 0.799. The number of hydrogen-bond donors (Lipinski definition) is 0. The van der Waals surface area contributed by atoms with Crippen LogP contribution >= 0.6 is 0 Å². The third-order valence-electron chi connectivity index (χ3n) is 4.51. The van der Waals surface area contributed by atoms with Gasteiger partial charge in [-0.05, 0) is 29.5 Å². The predicted molar refractivity (Wildman–Crippen MR) is 101 cm³/mol. The van der Waals surface area contributed by atoms with Crippen molar-refractivity contribution in [2.75, 3.05) is 4.90 Å². The van der Waals surface area contributed by atoms with Crippen molar-refractivity contribution in [2.24, 2.45) is 0 Å². The number of anilines is 1.